The second-order valence-corrected chi connectivity index (χ2v) is 4.08. The van der Waals surface area contributed by atoms with Crippen LogP contribution in [0.1, 0.15) is 15.2 Å². The van der Waals surface area contributed by atoms with E-state index in [1.54, 1.807) is 35.6 Å². The topological polar surface area (TPSA) is 29.1 Å². The monoisotopic (exact) mass is 216 g/mol. The van der Waals surface area contributed by atoms with Crippen molar-refractivity contribution in [3.05, 3.63) is 58.3 Å². The molecule has 2 nitrogen and oxygen atoms in total. The smallest absolute Gasteiger partial charge is 0.251 e. The van der Waals surface area contributed by atoms with Gasteiger partial charge >= 0.3 is 0 Å². The first kappa shape index (κ1) is 9.93. The van der Waals surface area contributed by atoms with E-state index < -0.39 is 0 Å². The molecule has 0 aliphatic rings. The number of benzene rings is 1. The maximum absolute atomic E-state index is 11.6. The Kier molecular flexibility index (Phi) is 3.15. The Morgan fingerprint density at radius 1 is 1.33 bits per heavy atom. The van der Waals surface area contributed by atoms with E-state index in [4.69, 9.17) is 0 Å². The van der Waals surface area contributed by atoms with Crippen LogP contribution in [0.5, 0.6) is 0 Å². The van der Waals surface area contributed by atoms with Gasteiger partial charge in [-0.1, -0.05) is 18.2 Å². The van der Waals surface area contributed by atoms with Crippen LogP contribution in [0.15, 0.2) is 41.8 Å². The number of rotatable bonds is 3. The van der Waals surface area contributed by atoms with Crippen molar-refractivity contribution in [1.29, 1.82) is 0 Å². The predicted molar refractivity (Wildman–Crippen MR) is 60.8 cm³/mol. The summed E-state index contributed by atoms with van der Waals surface area (Å²) in [4.78, 5) is 12.8. The summed E-state index contributed by atoms with van der Waals surface area (Å²) < 4.78 is 0. The van der Waals surface area contributed by atoms with Gasteiger partial charge in [-0.05, 0) is 29.6 Å². The van der Waals surface area contributed by atoms with Crippen LogP contribution in [-0.4, -0.2) is 5.91 Å². The zero-order chi connectivity index (χ0) is 10.5. The molecule has 0 bridgehead atoms. The average Bonchev–Trinajstić information content (AvgIpc) is 2.80. The summed E-state index contributed by atoms with van der Waals surface area (Å²) in [6, 6.07) is 13.8. The van der Waals surface area contributed by atoms with Gasteiger partial charge in [-0.15, -0.1) is 11.3 Å². The number of hydrogen-bond acceptors (Lipinski definition) is 2. The zero-order valence-corrected chi connectivity index (χ0v) is 8.88. The number of carbonyl (C=O) groups is 1. The molecule has 0 aliphatic carbocycles. The van der Waals surface area contributed by atoms with Crippen LogP contribution in [0, 0.1) is 6.07 Å². The highest BCUT2D eigenvalue weighted by Gasteiger charge is 2.03. The molecule has 0 unspecified atom stereocenters. The molecule has 0 saturated heterocycles. The highest BCUT2D eigenvalue weighted by Crippen LogP contribution is 2.08. The second kappa shape index (κ2) is 4.75. The Balaban J connectivity index is 1.94. The van der Waals surface area contributed by atoms with Gasteiger partial charge in [-0.25, -0.2) is 0 Å². The van der Waals surface area contributed by atoms with Crippen molar-refractivity contribution in [3.63, 3.8) is 0 Å². The summed E-state index contributed by atoms with van der Waals surface area (Å²) in [5, 5.41) is 4.86. The van der Waals surface area contributed by atoms with E-state index in [0.717, 1.165) is 4.88 Å². The molecule has 0 saturated carbocycles. The lowest BCUT2D eigenvalue weighted by molar-refractivity contribution is 0.0951. The van der Waals surface area contributed by atoms with Crippen LogP contribution in [-0.2, 0) is 6.54 Å². The van der Waals surface area contributed by atoms with E-state index in [2.05, 4.69) is 11.4 Å². The van der Waals surface area contributed by atoms with Gasteiger partial charge in [0.2, 0.25) is 0 Å². The zero-order valence-electron chi connectivity index (χ0n) is 8.07. The Hall–Kier alpha value is -1.61. The van der Waals surface area contributed by atoms with Crippen molar-refractivity contribution in [2.75, 3.05) is 0 Å². The number of nitrogens with one attached hydrogen (secondary N) is 1. The quantitative estimate of drug-likeness (QED) is 0.839. The second-order valence-electron chi connectivity index (χ2n) is 3.05. The number of hydrogen-bond donors (Lipinski definition) is 1. The standard InChI is InChI=1S/C12H10NOS/c14-12(10-5-2-1-3-6-10)13-9-11-7-4-8-15-11/h2-8H,9H2,(H,13,14). The van der Waals surface area contributed by atoms with Crippen molar-refractivity contribution < 1.29 is 4.79 Å². The molecule has 2 rings (SSSR count). The lowest BCUT2D eigenvalue weighted by atomic mass is 10.2. The third-order valence-electron chi connectivity index (χ3n) is 1.98. The minimum atomic E-state index is -0.0441. The highest BCUT2D eigenvalue weighted by molar-refractivity contribution is 7.09. The van der Waals surface area contributed by atoms with Crippen molar-refractivity contribution in [1.82, 2.24) is 5.32 Å². The van der Waals surface area contributed by atoms with Gasteiger partial charge in [-0.2, -0.15) is 0 Å². The van der Waals surface area contributed by atoms with E-state index in [-0.39, 0.29) is 5.91 Å². The fourth-order valence-corrected chi connectivity index (χ4v) is 1.87. The van der Waals surface area contributed by atoms with E-state index in [0.29, 0.717) is 12.1 Å². The van der Waals surface area contributed by atoms with Crippen LogP contribution >= 0.6 is 11.3 Å². The highest BCUT2D eigenvalue weighted by atomic mass is 32.1. The van der Waals surface area contributed by atoms with Gasteiger partial charge in [0.25, 0.3) is 5.91 Å². The third-order valence-corrected chi connectivity index (χ3v) is 2.86. The number of carbonyl (C=O) groups excluding carboxylic acids is 1. The number of amides is 1. The molecule has 3 heteroatoms. The molecule has 1 aromatic carbocycles. The molecule has 0 aliphatic heterocycles. The minimum absolute atomic E-state index is 0.0441. The van der Waals surface area contributed by atoms with E-state index in [9.17, 15) is 4.79 Å². The molecule has 15 heavy (non-hydrogen) atoms. The molecule has 1 aromatic heterocycles. The molecule has 1 heterocycles. The van der Waals surface area contributed by atoms with Gasteiger partial charge in [0.1, 0.15) is 0 Å². The summed E-state index contributed by atoms with van der Waals surface area (Å²) in [6.45, 7) is 0.592. The maximum Gasteiger partial charge on any atom is 0.251 e. The Morgan fingerprint density at radius 3 is 2.80 bits per heavy atom. The average molecular weight is 216 g/mol. The summed E-state index contributed by atoms with van der Waals surface area (Å²) in [5.41, 5.74) is 0.672. The molecule has 2 aromatic rings. The predicted octanol–water partition coefficient (Wildman–Crippen LogP) is 2.48. The Morgan fingerprint density at radius 2 is 2.13 bits per heavy atom. The van der Waals surface area contributed by atoms with Crippen molar-refractivity contribution in [2.24, 2.45) is 0 Å². The first-order valence-electron chi connectivity index (χ1n) is 4.63. The summed E-state index contributed by atoms with van der Waals surface area (Å²) in [6.07, 6.45) is 0. The summed E-state index contributed by atoms with van der Waals surface area (Å²) in [5.74, 6) is -0.0441. The third kappa shape index (κ3) is 2.67. The van der Waals surface area contributed by atoms with Gasteiger partial charge < -0.3 is 5.32 Å². The molecule has 1 radical (unpaired) electrons. The maximum atomic E-state index is 11.6. The van der Waals surface area contributed by atoms with Gasteiger partial charge in [0, 0.05) is 10.4 Å². The van der Waals surface area contributed by atoms with Gasteiger partial charge in [0.15, 0.2) is 0 Å². The van der Waals surface area contributed by atoms with Crippen LogP contribution in [0.4, 0.5) is 0 Å². The summed E-state index contributed by atoms with van der Waals surface area (Å²) >= 11 is 1.64. The molecular formula is C12H10NOS. The van der Waals surface area contributed by atoms with Gasteiger partial charge in [-0.3, -0.25) is 4.79 Å². The van der Waals surface area contributed by atoms with Crippen molar-refractivity contribution in [2.45, 2.75) is 6.54 Å². The van der Waals surface area contributed by atoms with Crippen LogP contribution in [0.2, 0.25) is 0 Å². The molecule has 1 N–H and O–H groups in total. The van der Waals surface area contributed by atoms with Gasteiger partial charge in [0.05, 0.1) is 6.54 Å². The SMILES string of the molecule is O=C(NCc1cccs1)c1cc[c]cc1. The largest absolute Gasteiger partial charge is 0.347 e. The van der Waals surface area contributed by atoms with Crippen LogP contribution in [0.25, 0.3) is 0 Å². The normalized spacial score (nSPS) is 9.87. The van der Waals surface area contributed by atoms with E-state index in [1.165, 1.54) is 0 Å². The molecule has 0 spiro atoms. The van der Waals surface area contributed by atoms with E-state index >= 15 is 0 Å². The van der Waals surface area contributed by atoms with Crippen LogP contribution in [0.3, 0.4) is 0 Å². The molecule has 1 amide bonds. The van der Waals surface area contributed by atoms with E-state index in [1.807, 2.05) is 17.5 Å². The lowest BCUT2D eigenvalue weighted by Gasteiger charge is -2.02. The molecular weight excluding hydrogens is 206 g/mol. The van der Waals surface area contributed by atoms with Crippen molar-refractivity contribution in [3.8, 4) is 0 Å². The molecule has 75 valence electrons. The van der Waals surface area contributed by atoms with Crippen molar-refractivity contribution >= 4 is 17.2 Å². The molecule has 0 atom stereocenters. The fraction of sp³-hybridized carbons (Fsp3) is 0.0833. The first-order valence-corrected chi connectivity index (χ1v) is 5.51. The minimum Gasteiger partial charge on any atom is -0.347 e. The summed E-state index contributed by atoms with van der Waals surface area (Å²) in [7, 11) is 0. The molecule has 0 fully saturated rings. The Bertz CT molecular complexity index is 422. The number of thiophene rings is 1. The Labute approximate surface area is 92.6 Å². The fourth-order valence-electron chi connectivity index (χ4n) is 1.22. The lowest BCUT2D eigenvalue weighted by Crippen LogP contribution is -2.22. The first-order chi connectivity index (χ1) is 7.36. The van der Waals surface area contributed by atoms with Crippen LogP contribution < -0.4 is 5.32 Å².